The Morgan fingerprint density at radius 3 is 2.88 bits per heavy atom. The van der Waals surface area contributed by atoms with E-state index in [1.807, 2.05) is 0 Å². The lowest BCUT2D eigenvalue weighted by molar-refractivity contribution is 0.453. The molecule has 94 valence electrons. The molecule has 0 saturated heterocycles. The van der Waals surface area contributed by atoms with Gasteiger partial charge in [-0.2, -0.15) is 0 Å². The Bertz CT molecular complexity index is 499. The summed E-state index contributed by atoms with van der Waals surface area (Å²) in [7, 11) is -1.92. The fourth-order valence-corrected chi connectivity index (χ4v) is 2.99. The van der Waals surface area contributed by atoms with Crippen LogP contribution in [-0.4, -0.2) is 31.3 Å². The number of aromatic nitrogens is 1. The van der Waals surface area contributed by atoms with E-state index in [0.717, 1.165) is 12.8 Å². The van der Waals surface area contributed by atoms with Crippen LogP contribution < -0.4 is 11.3 Å². The summed E-state index contributed by atoms with van der Waals surface area (Å²) >= 11 is 0. The van der Waals surface area contributed by atoms with E-state index in [1.165, 1.54) is 16.6 Å². The number of nitrogens with two attached hydrogens (primary N) is 1. The molecule has 0 unspecified atom stereocenters. The lowest BCUT2D eigenvalue weighted by Gasteiger charge is -2.18. The van der Waals surface area contributed by atoms with Crippen LogP contribution >= 0.6 is 0 Å². The zero-order valence-corrected chi connectivity index (χ0v) is 10.4. The summed E-state index contributed by atoms with van der Waals surface area (Å²) < 4.78 is 25.9. The molecule has 0 aliphatic heterocycles. The van der Waals surface area contributed by atoms with Crippen molar-refractivity contribution in [1.82, 2.24) is 9.29 Å². The third kappa shape index (κ3) is 2.56. The van der Waals surface area contributed by atoms with Gasteiger partial charge in [0.25, 0.3) is 0 Å². The highest BCUT2D eigenvalue weighted by molar-refractivity contribution is 7.89. The van der Waals surface area contributed by atoms with Crippen LogP contribution in [0.5, 0.6) is 0 Å². The monoisotopic (exact) mass is 256 g/mol. The van der Waals surface area contributed by atoms with Crippen molar-refractivity contribution >= 4 is 15.8 Å². The second kappa shape index (κ2) is 4.59. The van der Waals surface area contributed by atoms with Crippen LogP contribution in [-0.2, 0) is 10.0 Å². The third-order valence-corrected chi connectivity index (χ3v) is 4.66. The largest absolute Gasteiger partial charge is 0.307 e. The van der Waals surface area contributed by atoms with E-state index in [1.54, 1.807) is 13.1 Å². The molecule has 1 heterocycles. The van der Waals surface area contributed by atoms with Crippen molar-refractivity contribution in [2.24, 2.45) is 11.8 Å². The first-order chi connectivity index (χ1) is 8.05. The average molecular weight is 256 g/mol. The lowest BCUT2D eigenvalue weighted by atomic mass is 10.4. The predicted octanol–water partition coefficient (Wildman–Crippen LogP) is 0.398. The molecule has 0 atom stereocenters. The average Bonchev–Trinajstić information content (AvgIpc) is 3.12. The van der Waals surface area contributed by atoms with Crippen molar-refractivity contribution in [3.63, 3.8) is 0 Å². The normalized spacial score (nSPS) is 16.2. The van der Waals surface area contributed by atoms with Crippen LogP contribution in [0.2, 0.25) is 0 Å². The van der Waals surface area contributed by atoms with E-state index >= 15 is 0 Å². The van der Waals surface area contributed by atoms with E-state index < -0.39 is 10.0 Å². The van der Waals surface area contributed by atoms with Crippen molar-refractivity contribution in [2.45, 2.75) is 17.7 Å². The minimum absolute atomic E-state index is 0.116. The Morgan fingerprint density at radius 1 is 1.59 bits per heavy atom. The maximum absolute atomic E-state index is 12.3. The van der Waals surface area contributed by atoms with Crippen LogP contribution in [0.25, 0.3) is 0 Å². The van der Waals surface area contributed by atoms with Gasteiger partial charge in [-0.1, -0.05) is 0 Å². The van der Waals surface area contributed by atoms with Gasteiger partial charge >= 0.3 is 0 Å². The molecule has 7 heteroatoms. The maximum atomic E-state index is 12.3. The molecule has 0 aromatic carbocycles. The maximum Gasteiger partial charge on any atom is 0.246 e. The van der Waals surface area contributed by atoms with Crippen LogP contribution in [0.15, 0.2) is 23.2 Å². The van der Waals surface area contributed by atoms with Crippen molar-refractivity contribution < 1.29 is 8.42 Å². The van der Waals surface area contributed by atoms with E-state index in [4.69, 9.17) is 5.84 Å². The first kappa shape index (κ1) is 12.3. The van der Waals surface area contributed by atoms with Gasteiger partial charge in [0.1, 0.15) is 4.90 Å². The second-order valence-corrected chi connectivity index (χ2v) is 6.24. The SMILES string of the molecule is CN(CC1CC1)S(=O)(=O)c1cccnc1NN. The van der Waals surface area contributed by atoms with Crippen molar-refractivity contribution in [1.29, 1.82) is 0 Å². The molecule has 1 aliphatic carbocycles. The number of rotatable bonds is 5. The van der Waals surface area contributed by atoms with Crippen LogP contribution in [0.3, 0.4) is 0 Å². The summed E-state index contributed by atoms with van der Waals surface area (Å²) in [6, 6.07) is 3.08. The molecule has 0 spiro atoms. The van der Waals surface area contributed by atoms with E-state index in [-0.39, 0.29) is 10.7 Å². The van der Waals surface area contributed by atoms with Crippen LogP contribution in [0, 0.1) is 5.92 Å². The Hall–Kier alpha value is -1.18. The van der Waals surface area contributed by atoms with Crippen LogP contribution in [0.1, 0.15) is 12.8 Å². The van der Waals surface area contributed by atoms with Crippen LogP contribution in [0.4, 0.5) is 5.82 Å². The molecule has 0 amide bonds. The second-order valence-electron chi connectivity index (χ2n) is 4.22. The molecule has 2 rings (SSSR count). The molecule has 3 N–H and O–H groups in total. The van der Waals surface area contributed by atoms with Gasteiger partial charge in [-0.25, -0.2) is 23.5 Å². The lowest BCUT2D eigenvalue weighted by Crippen LogP contribution is -2.30. The van der Waals surface area contributed by atoms with Gasteiger partial charge < -0.3 is 5.43 Å². The number of pyridine rings is 1. The highest BCUT2D eigenvalue weighted by Gasteiger charge is 2.30. The molecule has 1 fully saturated rings. The Labute approximate surface area is 101 Å². The Balaban J connectivity index is 2.29. The van der Waals surface area contributed by atoms with E-state index in [0.29, 0.717) is 12.5 Å². The van der Waals surface area contributed by atoms with E-state index in [9.17, 15) is 8.42 Å². The van der Waals surface area contributed by atoms with Gasteiger partial charge in [0.05, 0.1) is 0 Å². The number of nitrogens with one attached hydrogen (secondary N) is 1. The Morgan fingerprint density at radius 2 is 2.29 bits per heavy atom. The first-order valence-corrected chi connectivity index (χ1v) is 6.87. The zero-order valence-electron chi connectivity index (χ0n) is 9.63. The quantitative estimate of drug-likeness (QED) is 0.588. The van der Waals surface area contributed by atoms with Crippen molar-refractivity contribution in [3.8, 4) is 0 Å². The number of sulfonamides is 1. The number of hydrazine groups is 1. The molecule has 17 heavy (non-hydrogen) atoms. The minimum atomic E-state index is -3.51. The summed E-state index contributed by atoms with van der Waals surface area (Å²) in [5.74, 6) is 5.94. The number of nitrogen functional groups attached to an aromatic ring is 1. The number of hydrogen-bond acceptors (Lipinski definition) is 5. The molecular weight excluding hydrogens is 240 g/mol. The smallest absolute Gasteiger partial charge is 0.246 e. The summed E-state index contributed by atoms with van der Waals surface area (Å²) in [6.45, 7) is 0.557. The number of nitrogens with zero attached hydrogens (tertiary/aromatic N) is 2. The van der Waals surface area contributed by atoms with Crippen molar-refractivity contribution in [3.05, 3.63) is 18.3 Å². The molecule has 1 saturated carbocycles. The summed E-state index contributed by atoms with van der Waals surface area (Å²) in [4.78, 5) is 4.02. The number of anilines is 1. The first-order valence-electron chi connectivity index (χ1n) is 5.43. The van der Waals surface area contributed by atoms with Gasteiger partial charge in [0.15, 0.2) is 5.82 Å². The molecule has 0 radical (unpaired) electrons. The highest BCUT2D eigenvalue weighted by atomic mass is 32.2. The third-order valence-electron chi connectivity index (χ3n) is 2.81. The zero-order chi connectivity index (χ0) is 12.5. The fourth-order valence-electron chi connectivity index (χ4n) is 1.64. The van der Waals surface area contributed by atoms with Gasteiger partial charge in [0, 0.05) is 19.8 Å². The topological polar surface area (TPSA) is 88.3 Å². The van der Waals surface area contributed by atoms with Gasteiger partial charge in [-0.15, -0.1) is 0 Å². The fraction of sp³-hybridized carbons (Fsp3) is 0.500. The molecule has 0 bridgehead atoms. The Kier molecular flexibility index (Phi) is 3.32. The van der Waals surface area contributed by atoms with Crippen molar-refractivity contribution in [2.75, 3.05) is 19.0 Å². The van der Waals surface area contributed by atoms with Gasteiger partial charge in [0.2, 0.25) is 10.0 Å². The summed E-state index contributed by atoms with van der Waals surface area (Å²) in [5.41, 5.74) is 2.31. The summed E-state index contributed by atoms with van der Waals surface area (Å²) in [6.07, 6.45) is 3.71. The molecule has 1 aromatic heterocycles. The molecule has 1 aliphatic rings. The van der Waals surface area contributed by atoms with Gasteiger partial charge in [-0.05, 0) is 30.9 Å². The minimum Gasteiger partial charge on any atom is -0.307 e. The number of hydrogen-bond donors (Lipinski definition) is 2. The van der Waals surface area contributed by atoms with Gasteiger partial charge in [-0.3, -0.25) is 0 Å². The molecule has 1 aromatic rings. The summed E-state index contributed by atoms with van der Waals surface area (Å²) in [5, 5.41) is 0. The highest BCUT2D eigenvalue weighted by Crippen LogP contribution is 2.31. The van der Waals surface area contributed by atoms with E-state index in [2.05, 4.69) is 10.4 Å². The standard InChI is InChI=1S/C10H16N4O2S/c1-14(7-8-4-5-8)17(15,16)9-3-2-6-12-10(9)13-11/h2-3,6,8H,4-5,7,11H2,1H3,(H,12,13). The molecule has 6 nitrogen and oxygen atoms in total. The predicted molar refractivity (Wildman–Crippen MR) is 64.6 cm³/mol. The molecular formula is C10H16N4O2S.